The number of hydrogen-bond acceptors (Lipinski definition) is 4. The third-order valence-corrected chi connectivity index (χ3v) is 3.77. The first-order valence-electron chi connectivity index (χ1n) is 5.86. The molecule has 0 fully saturated rings. The van der Waals surface area contributed by atoms with E-state index in [1.54, 1.807) is 49.6 Å². The van der Waals surface area contributed by atoms with E-state index in [9.17, 15) is 8.42 Å². The van der Waals surface area contributed by atoms with Gasteiger partial charge in [0, 0.05) is 0 Å². The van der Waals surface area contributed by atoms with Crippen LogP contribution in [0.25, 0.3) is 0 Å². The van der Waals surface area contributed by atoms with Crippen LogP contribution >= 0.6 is 0 Å². The van der Waals surface area contributed by atoms with Crippen molar-refractivity contribution in [2.24, 2.45) is 5.10 Å². The first-order chi connectivity index (χ1) is 9.62. The minimum atomic E-state index is -3.63. The van der Waals surface area contributed by atoms with E-state index in [-0.39, 0.29) is 4.90 Å². The lowest BCUT2D eigenvalue weighted by Gasteiger charge is -2.03. The van der Waals surface area contributed by atoms with Crippen molar-refractivity contribution in [2.45, 2.75) is 4.90 Å². The monoisotopic (exact) mass is 290 g/mol. The van der Waals surface area contributed by atoms with Gasteiger partial charge in [-0.1, -0.05) is 30.3 Å². The van der Waals surface area contributed by atoms with E-state index in [1.807, 2.05) is 0 Å². The Kier molecular flexibility index (Phi) is 4.37. The first-order valence-corrected chi connectivity index (χ1v) is 7.34. The third-order valence-electron chi connectivity index (χ3n) is 2.53. The van der Waals surface area contributed by atoms with Gasteiger partial charge in [-0.3, -0.25) is 0 Å². The van der Waals surface area contributed by atoms with Crippen LogP contribution in [0, 0.1) is 0 Å². The number of benzene rings is 2. The van der Waals surface area contributed by atoms with Gasteiger partial charge in [-0.05, 0) is 29.8 Å². The molecule has 6 heteroatoms. The number of hydrogen-bond donors (Lipinski definition) is 1. The highest BCUT2D eigenvalue weighted by Crippen LogP contribution is 2.11. The van der Waals surface area contributed by atoms with Crippen molar-refractivity contribution in [3.63, 3.8) is 0 Å². The summed E-state index contributed by atoms with van der Waals surface area (Å²) in [6.07, 6.45) is 1.42. The second kappa shape index (κ2) is 6.21. The van der Waals surface area contributed by atoms with Crippen LogP contribution < -0.4 is 9.57 Å². The smallest absolute Gasteiger partial charge is 0.276 e. The number of sulfonamides is 1. The van der Waals surface area contributed by atoms with E-state index in [1.165, 1.54) is 18.3 Å². The Morgan fingerprint density at radius 3 is 2.55 bits per heavy atom. The summed E-state index contributed by atoms with van der Waals surface area (Å²) in [6, 6.07) is 15.2. The quantitative estimate of drug-likeness (QED) is 0.676. The largest absolute Gasteiger partial charge is 0.497 e. The molecular formula is C14H14N2O3S. The van der Waals surface area contributed by atoms with E-state index in [4.69, 9.17) is 4.74 Å². The molecule has 0 radical (unpaired) electrons. The number of nitrogens with zero attached hydrogens (tertiary/aromatic N) is 1. The highest BCUT2D eigenvalue weighted by atomic mass is 32.2. The van der Waals surface area contributed by atoms with Crippen molar-refractivity contribution in [2.75, 3.05) is 7.11 Å². The molecule has 0 aliphatic rings. The van der Waals surface area contributed by atoms with Gasteiger partial charge in [0.15, 0.2) is 0 Å². The van der Waals surface area contributed by atoms with Gasteiger partial charge < -0.3 is 4.74 Å². The van der Waals surface area contributed by atoms with Crippen molar-refractivity contribution >= 4 is 16.2 Å². The molecule has 5 nitrogen and oxygen atoms in total. The lowest BCUT2D eigenvalue weighted by molar-refractivity contribution is 0.415. The molecule has 0 spiro atoms. The van der Waals surface area contributed by atoms with Crippen molar-refractivity contribution in [1.82, 2.24) is 4.83 Å². The zero-order chi connectivity index (χ0) is 14.4. The number of nitrogens with one attached hydrogen (secondary N) is 1. The van der Waals surface area contributed by atoms with Gasteiger partial charge >= 0.3 is 0 Å². The maximum Gasteiger partial charge on any atom is 0.276 e. The Bertz CT molecular complexity index is 697. The SMILES string of the molecule is COc1cccc(/C=N/NS(=O)(=O)c2ccccc2)c1. The molecule has 0 heterocycles. The predicted octanol–water partition coefficient (Wildman–Crippen LogP) is 2.01. The molecule has 104 valence electrons. The summed E-state index contributed by atoms with van der Waals surface area (Å²) >= 11 is 0. The number of hydrazone groups is 1. The van der Waals surface area contributed by atoms with Gasteiger partial charge in [-0.2, -0.15) is 13.5 Å². The van der Waals surface area contributed by atoms with Gasteiger partial charge in [0.1, 0.15) is 5.75 Å². The summed E-state index contributed by atoms with van der Waals surface area (Å²) in [5.41, 5.74) is 0.736. The minimum Gasteiger partial charge on any atom is -0.497 e. The Morgan fingerprint density at radius 2 is 1.85 bits per heavy atom. The molecule has 2 aromatic rings. The van der Waals surface area contributed by atoms with Crippen LogP contribution in [0.2, 0.25) is 0 Å². The number of rotatable bonds is 5. The van der Waals surface area contributed by atoms with Crippen LogP contribution in [-0.2, 0) is 10.0 Å². The second-order valence-corrected chi connectivity index (χ2v) is 5.60. The fraction of sp³-hybridized carbons (Fsp3) is 0.0714. The summed E-state index contributed by atoms with van der Waals surface area (Å²) in [6.45, 7) is 0. The molecule has 1 N–H and O–H groups in total. The summed E-state index contributed by atoms with van der Waals surface area (Å²) in [5.74, 6) is 0.680. The average Bonchev–Trinajstić information content (AvgIpc) is 2.48. The van der Waals surface area contributed by atoms with Gasteiger partial charge in [0.25, 0.3) is 10.0 Å². The second-order valence-electron chi connectivity index (χ2n) is 3.94. The van der Waals surface area contributed by atoms with Crippen LogP contribution in [0.4, 0.5) is 0 Å². The molecule has 20 heavy (non-hydrogen) atoms. The van der Waals surface area contributed by atoms with E-state index in [0.29, 0.717) is 5.75 Å². The fourth-order valence-electron chi connectivity index (χ4n) is 1.54. The van der Waals surface area contributed by atoms with E-state index >= 15 is 0 Å². The molecule has 2 rings (SSSR count). The molecule has 0 amide bonds. The lowest BCUT2D eigenvalue weighted by atomic mass is 10.2. The van der Waals surface area contributed by atoms with E-state index < -0.39 is 10.0 Å². The van der Waals surface area contributed by atoms with Gasteiger partial charge in [0.2, 0.25) is 0 Å². The molecular weight excluding hydrogens is 276 g/mol. The van der Waals surface area contributed by atoms with Gasteiger partial charge in [-0.25, -0.2) is 4.83 Å². The predicted molar refractivity (Wildman–Crippen MR) is 77.4 cm³/mol. The Hall–Kier alpha value is -2.34. The van der Waals surface area contributed by atoms with Crippen LogP contribution in [0.15, 0.2) is 64.6 Å². The van der Waals surface area contributed by atoms with Crippen molar-refractivity contribution < 1.29 is 13.2 Å². The van der Waals surface area contributed by atoms with Gasteiger partial charge in [-0.15, -0.1) is 0 Å². The highest BCUT2D eigenvalue weighted by Gasteiger charge is 2.10. The van der Waals surface area contributed by atoms with Crippen LogP contribution in [0.1, 0.15) is 5.56 Å². The van der Waals surface area contributed by atoms with Crippen molar-refractivity contribution in [3.05, 3.63) is 60.2 Å². The highest BCUT2D eigenvalue weighted by molar-refractivity contribution is 7.89. The van der Waals surface area contributed by atoms with Crippen molar-refractivity contribution in [3.8, 4) is 5.75 Å². The summed E-state index contributed by atoms with van der Waals surface area (Å²) in [4.78, 5) is 2.33. The van der Waals surface area contributed by atoms with E-state index in [2.05, 4.69) is 9.93 Å². The molecule has 0 aromatic heterocycles. The third kappa shape index (κ3) is 3.58. The number of ether oxygens (including phenoxy) is 1. The van der Waals surface area contributed by atoms with Crippen molar-refractivity contribution in [1.29, 1.82) is 0 Å². The van der Waals surface area contributed by atoms with Crippen LogP contribution in [0.3, 0.4) is 0 Å². The molecule has 0 saturated heterocycles. The molecule has 0 aliphatic carbocycles. The summed E-state index contributed by atoms with van der Waals surface area (Å²) in [5, 5.41) is 3.75. The zero-order valence-corrected chi connectivity index (χ0v) is 11.7. The standard InChI is InChI=1S/C14H14N2O3S/c1-19-13-7-5-6-12(10-13)11-15-16-20(17,18)14-8-3-2-4-9-14/h2-11,16H,1H3/b15-11+. The molecule has 2 aromatic carbocycles. The molecule has 0 aliphatic heterocycles. The molecule has 0 bridgehead atoms. The fourth-order valence-corrected chi connectivity index (χ4v) is 2.36. The molecule has 0 atom stereocenters. The maximum absolute atomic E-state index is 11.9. The molecule has 0 saturated carbocycles. The first kappa shape index (κ1) is 14.1. The maximum atomic E-state index is 11.9. The topological polar surface area (TPSA) is 67.8 Å². The Labute approximate surface area is 118 Å². The Morgan fingerprint density at radius 1 is 1.10 bits per heavy atom. The number of methoxy groups -OCH3 is 1. The average molecular weight is 290 g/mol. The Balaban J connectivity index is 2.10. The zero-order valence-electron chi connectivity index (χ0n) is 10.9. The van der Waals surface area contributed by atoms with E-state index in [0.717, 1.165) is 5.56 Å². The van der Waals surface area contributed by atoms with Crippen LogP contribution in [-0.4, -0.2) is 21.7 Å². The normalized spacial score (nSPS) is 11.4. The summed E-state index contributed by atoms with van der Waals surface area (Å²) in [7, 11) is -2.06. The minimum absolute atomic E-state index is 0.169. The van der Waals surface area contributed by atoms with Gasteiger partial charge in [0.05, 0.1) is 18.2 Å². The van der Waals surface area contributed by atoms with Crippen LogP contribution in [0.5, 0.6) is 5.75 Å². The molecule has 0 unspecified atom stereocenters. The lowest BCUT2D eigenvalue weighted by Crippen LogP contribution is -2.18. The summed E-state index contributed by atoms with van der Waals surface area (Å²) < 4.78 is 28.9.